The molecule has 0 spiro atoms. The van der Waals surface area contributed by atoms with Gasteiger partial charge in [-0.15, -0.1) is 0 Å². The number of quaternary nitrogens is 1. The third-order valence-corrected chi connectivity index (χ3v) is 5.81. The minimum atomic E-state index is -0.336. The maximum atomic E-state index is 12.6. The Labute approximate surface area is 175 Å². The number of ether oxygens (including phenoxy) is 1. The van der Waals surface area contributed by atoms with E-state index in [0.29, 0.717) is 23.3 Å². The molecule has 0 radical (unpaired) electrons. The topological polar surface area (TPSA) is 64.2 Å². The highest BCUT2D eigenvalue weighted by atomic mass is 16.5. The van der Waals surface area contributed by atoms with E-state index in [4.69, 9.17) is 9.15 Å². The van der Waals surface area contributed by atoms with Crippen LogP contribution in [0.2, 0.25) is 0 Å². The van der Waals surface area contributed by atoms with Gasteiger partial charge in [-0.05, 0) is 30.2 Å². The number of fused-ring (bicyclic) bond motifs is 1. The molecular formula is C24H27N2O4+. The first-order chi connectivity index (χ1) is 14.5. The molecule has 1 saturated heterocycles. The van der Waals surface area contributed by atoms with Gasteiger partial charge in [0.05, 0.1) is 33.2 Å². The molecule has 156 valence electrons. The first-order valence-electron chi connectivity index (χ1n) is 10.3. The van der Waals surface area contributed by atoms with Crippen LogP contribution in [0.5, 0.6) is 5.75 Å². The summed E-state index contributed by atoms with van der Waals surface area (Å²) in [4.78, 5) is 28.3. The summed E-state index contributed by atoms with van der Waals surface area (Å²) >= 11 is 0. The molecule has 6 heteroatoms. The third kappa shape index (κ3) is 4.39. The van der Waals surface area contributed by atoms with Crippen LogP contribution in [0.15, 0.2) is 57.7 Å². The maximum absolute atomic E-state index is 12.6. The predicted molar refractivity (Wildman–Crippen MR) is 115 cm³/mol. The molecule has 1 amide bonds. The van der Waals surface area contributed by atoms with Gasteiger partial charge in [0.15, 0.2) is 6.61 Å². The largest absolute Gasteiger partial charge is 0.484 e. The Morgan fingerprint density at radius 2 is 1.87 bits per heavy atom. The smallest absolute Gasteiger partial charge is 0.340 e. The molecule has 1 aromatic heterocycles. The minimum absolute atomic E-state index is 0.0140. The van der Waals surface area contributed by atoms with Crippen molar-refractivity contribution in [2.75, 3.05) is 39.8 Å². The third-order valence-electron chi connectivity index (χ3n) is 5.81. The molecule has 2 heterocycles. The lowest BCUT2D eigenvalue weighted by atomic mass is 10.00. The van der Waals surface area contributed by atoms with E-state index < -0.39 is 0 Å². The number of amides is 1. The summed E-state index contributed by atoms with van der Waals surface area (Å²) in [5.74, 6) is 0.507. The lowest BCUT2D eigenvalue weighted by Gasteiger charge is -2.29. The number of carbonyl (C=O) groups is 1. The average Bonchev–Trinajstić information content (AvgIpc) is 2.76. The number of hydrogen-bond donors (Lipinski definition) is 1. The highest BCUT2D eigenvalue weighted by Gasteiger charge is 2.21. The Bertz CT molecular complexity index is 1100. The molecule has 0 unspecified atom stereocenters. The van der Waals surface area contributed by atoms with Crippen LogP contribution in [0.4, 0.5) is 0 Å². The number of benzene rings is 2. The summed E-state index contributed by atoms with van der Waals surface area (Å²) in [7, 11) is 2.13. The van der Waals surface area contributed by atoms with E-state index in [9.17, 15) is 9.59 Å². The van der Waals surface area contributed by atoms with Gasteiger partial charge in [-0.3, -0.25) is 4.79 Å². The average molecular weight is 407 g/mol. The summed E-state index contributed by atoms with van der Waals surface area (Å²) in [6.45, 7) is 5.35. The van der Waals surface area contributed by atoms with E-state index in [1.807, 2.05) is 54.3 Å². The predicted octanol–water partition coefficient (Wildman–Crippen LogP) is 1.43. The zero-order valence-electron chi connectivity index (χ0n) is 17.4. The zero-order valence-corrected chi connectivity index (χ0v) is 17.4. The summed E-state index contributed by atoms with van der Waals surface area (Å²) in [5.41, 5.74) is 2.78. The lowest BCUT2D eigenvalue weighted by molar-refractivity contribution is -0.883. The Morgan fingerprint density at radius 1 is 1.13 bits per heavy atom. The van der Waals surface area contributed by atoms with Crippen LogP contribution in [0, 0.1) is 6.92 Å². The maximum Gasteiger partial charge on any atom is 0.340 e. The second-order valence-corrected chi connectivity index (χ2v) is 7.94. The van der Waals surface area contributed by atoms with Gasteiger partial charge in [0.2, 0.25) is 0 Å². The van der Waals surface area contributed by atoms with Crippen molar-refractivity contribution >= 4 is 16.9 Å². The molecule has 0 saturated carbocycles. The van der Waals surface area contributed by atoms with Gasteiger partial charge in [0, 0.05) is 23.4 Å². The first kappa shape index (κ1) is 20.2. The number of rotatable bonds is 5. The van der Waals surface area contributed by atoms with Crippen LogP contribution in [0.3, 0.4) is 0 Å². The van der Waals surface area contributed by atoms with E-state index in [0.717, 1.165) is 42.7 Å². The molecule has 0 aliphatic carbocycles. The van der Waals surface area contributed by atoms with Crippen molar-refractivity contribution in [1.29, 1.82) is 0 Å². The summed E-state index contributed by atoms with van der Waals surface area (Å²) in [5, 5.41) is 0.876. The van der Waals surface area contributed by atoms with E-state index >= 15 is 0 Å². The summed E-state index contributed by atoms with van der Waals surface area (Å²) < 4.78 is 11.3. The van der Waals surface area contributed by atoms with Crippen LogP contribution in [-0.4, -0.2) is 50.6 Å². The molecule has 6 nitrogen and oxygen atoms in total. The number of aryl methyl sites for hydroxylation is 1. The normalized spacial score (nSPS) is 14.8. The molecule has 30 heavy (non-hydrogen) atoms. The van der Waals surface area contributed by atoms with Gasteiger partial charge < -0.3 is 19.0 Å². The van der Waals surface area contributed by atoms with Crippen LogP contribution in [0.1, 0.15) is 16.7 Å². The Kier molecular flexibility index (Phi) is 5.86. The molecule has 0 atom stereocenters. The fourth-order valence-corrected chi connectivity index (χ4v) is 3.84. The van der Waals surface area contributed by atoms with Gasteiger partial charge in [0.1, 0.15) is 11.3 Å². The van der Waals surface area contributed by atoms with Crippen molar-refractivity contribution in [1.82, 2.24) is 4.90 Å². The van der Waals surface area contributed by atoms with Gasteiger partial charge in [-0.25, -0.2) is 4.79 Å². The number of carbonyl (C=O) groups excluding carboxylic acids is 1. The van der Waals surface area contributed by atoms with E-state index in [2.05, 4.69) is 7.05 Å². The molecule has 4 rings (SSSR count). The van der Waals surface area contributed by atoms with Crippen LogP contribution >= 0.6 is 0 Å². The first-order valence-corrected chi connectivity index (χ1v) is 10.3. The highest BCUT2D eigenvalue weighted by molar-refractivity contribution is 5.83. The highest BCUT2D eigenvalue weighted by Crippen LogP contribution is 2.25. The van der Waals surface area contributed by atoms with Gasteiger partial charge in [-0.2, -0.15) is 0 Å². The molecule has 1 aliphatic heterocycles. The number of piperazine rings is 1. The number of nitrogens with one attached hydrogen (secondary N) is 1. The van der Waals surface area contributed by atoms with Gasteiger partial charge in [-0.1, -0.05) is 30.3 Å². The van der Waals surface area contributed by atoms with Gasteiger partial charge in [0.25, 0.3) is 5.91 Å². The molecule has 1 aliphatic rings. The second-order valence-electron chi connectivity index (χ2n) is 7.94. The molecular weight excluding hydrogens is 380 g/mol. The van der Waals surface area contributed by atoms with Gasteiger partial charge >= 0.3 is 5.63 Å². The molecule has 1 fully saturated rings. The Morgan fingerprint density at radius 3 is 2.60 bits per heavy atom. The van der Waals surface area contributed by atoms with Crippen molar-refractivity contribution in [3.63, 3.8) is 0 Å². The molecule has 2 aromatic carbocycles. The number of nitrogens with zero attached hydrogens (tertiary/aromatic N) is 1. The van der Waals surface area contributed by atoms with Crippen LogP contribution in [-0.2, 0) is 11.2 Å². The van der Waals surface area contributed by atoms with Crippen LogP contribution < -0.4 is 15.3 Å². The zero-order chi connectivity index (χ0) is 21.1. The van der Waals surface area contributed by atoms with Crippen molar-refractivity contribution in [2.24, 2.45) is 0 Å². The van der Waals surface area contributed by atoms with E-state index in [1.165, 1.54) is 4.90 Å². The van der Waals surface area contributed by atoms with E-state index in [-0.39, 0.29) is 18.1 Å². The number of hydrogen-bond acceptors (Lipinski definition) is 4. The van der Waals surface area contributed by atoms with Crippen molar-refractivity contribution in [3.8, 4) is 5.75 Å². The van der Waals surface area contributed by atoms with Crippen molar-refractivity contribution in [3.05, 3.63) is 75.6 Å². The Balaban J connectivity index is 1.50. The fraction of sp³-hybridized carbons (Fsp3) is 0.333. The lowest BCUT2D eigenvalue weighted by Crippen LogP contribution is -3.12. The summed E-state index contributed by atoms with van der Waals surface area (Å²) in [6, 6.07) is 15.3. The molecule has 3 aromatic rings. The SMILES string of the molecule is Cc1c(Cc2ccccc2)c(=O)oc2cc(OCC(=O)N3CC[NH+](C)CC3)ccc12. The van der Waals surface area contributed by atoms with Crippen molar-refractivity contribution in [2.45, 2.75) is 13.3 Å². The number of likely N-dealkylation sites (N-methyl/N-ethyl adjacent to an activating group) is 1. The van der Waals surface area contributed by atoms with Crippen LogP contribution in [0.25, 0.3) is 11.0 Å². The fourth-order valence-electron chi connectivity index (χ4n) is 3.84. The Hall–Kier alpha value is -3.12. The molecule has 0 bridgehead atoms. The second kappa shape index (κ2) is 8.71. The summed E-state index contributed by atoms with van der Waals surface area (Å²) in [6.07, 6.45) is 0.532. The van der Waals surface area contributed by atoms with Crippen molar-refractivity contribution < 1.29 is 18.8 Å². The van der Waals surface area contributed by atoms with E-state index in [1.54, 1.807) is 6.07 Å². The standard InChI is InChI=1S/C24H26N2O4/c1-17-20-9-8-19(29-16-23(27)26-12-10-25(2)11-13-26)15-22(20)30-24(28)21(17)14-18-6-4-3-5-7-18/h3-9,15H,10-14,16H2,1-2H3/p+1. The monoisotopic (exact) mass is 407 g/mol. The molecule has 1 N–H and O–H groups in total. The minimum Gasteiger partial charge on any atom is -0.484 e. The quantitative estimate of drug-likeness (QED) is 0.650.